The van der Waals surface area contributed by atoms with Crippen molar-refractivity contribution in [3.63, 3.8) is 0 Å². The van der Waals surface area contributed by atoms with Gasteiger partial charge >= 0.3 is 6.01 Å². The van der Waals surface area contributed by atoms with Gasteiger partial charge in [0, 0.05) is 30.5 Å². The lowest BCUT2D eigenvalue weighted by atomic mass is 10.1. The summed E-state index contributed by atoms with van der Waals surface area (Å²) in [5.41, 5.74) is 1.69. The summed E-state index contributed by atoms with van der Waals surface area (Å²) >= 11 is 0. The van der Waals surface area contributed by atoms with Crippen LogP contribution in [0.3, 0.4) is 0 Å². The Hall–Kier alpha value is -2.47. The van der Waals surface area contributed by atoms with Crippen LogP contribution in [0.15, 0.2) is 36.7 Å². The number of nitrogens with one attached hydrogen (secondary N) is 2. The van der Waals surface area contributed by atoms with E-state index >= 15 is 0 Å². The van der Waals surface area contributed by atoms with E-state index in [4.69, 9.17) is 4.74 Å². The molecule has 22 heavy (non-hydrogen) atoms. The van der Waals surface area contributed by atoms with Gasteiger partial charge in [-0.15, -0.1) is 0 Å². The van der Waals surface area contributed by atoms with Crippen molar-refractivity contribution in [3.05, 3.63) is 42.2 Å². The molecule has 0 aliphatic rings. The van der Waals surface area contributed by atoms with E-state index in [2.05, 4.69) is 20.6 Å². The van der Waals surface area contributed by atoms with Crippen LogP contribution in [0.1, 0.15) is 12.5 Å². The Labute approximate surface area is 129 Å². The SMILES string of the molecule is CNCC(C)C(=O)Nc1ccc(Oc2ncccn2)cc1C. The Balaban J connectivity index is 2.05. The van der Waals surface area contributed by atoms with E-state index in [1.54, 1.807) is 24.5 Å². The number of anilines is 1. The summed E-state index contributed by atoms with van der Waals surface area (Å²) < 4.78 is 5.56. The Morgan fingerprint density at radius 1 is 1.32 bits per heavy atom. The van der Waals surface area contributed by atoms with Crippen LogP contribution in [0.4, 0.5) is 5.69 Å². The molecule has 0 spiro atoms. The first-order valence-corrected chi connectivity index (χ1v) is 7.11. The molecular formula is C16H20N4O2. The van der Waals surface area contributed by atoms with Crippen molar-refractivity contribution in [2.45, 2.75) is 13.8 Å². The number of hydrogen-bond donors (Lipinski definition) is 2. The zero-order chi connectivity index (χ0) is 15.9. The lowest BCUT2D eigenvalue weighted by Gasteiger charge is -2.14. The standard InChI is InChI=1S/C16H20N4O2/c1-11-9-13(22-16-18-7-4-8-19-16)5-6-14(11)20-15(21)12(2)10-17-3/h4-9,12,17H,10H2,1-3H3,(H,20,21). The van der Waals surface area contributed by atoms with Crippen LogP contribution in [0.2, 0.25) is 0 Å². The maximum absolute atomic E-state index is 12.0. The van der Waals surface area contributed by atoms with E-state index in [0.717, 1.165) is 11.3 Å². The smallest absolute Gasteiger partial charge is 0.321 e. The third-order valence-electron chi connectivity index (χ3n) is 3.16. The van der Waals surface area contributed by atoms with Crippen LogP contribution in [-0.4, -0.2) is 29.5 Å². The first kappa shape index (κ1) is 15.9. The second kappa shape index (κ2) is 7.51. The molecule has 0 saturated carbocycles. The zero-order valence-electron chi connectivity index (χ0n) is 13.0. The Morgan fingerprint density at radius 3 is 2.68 bits per heavy atom. The van der Waals surface area contributed by atoms with Crippen LogP contribution in [0.25, 0.3) is 0 Å². The second-order valence-corrected chi connectivity index (χ2v) is 5.06. The van der Waals surface area contributed by atoms with E-state index in [1.807, 2.05) is 33.0 Å². The topological polar surface area (TPSA) is 76.1 Å². The minimum Gasteiger partial charge on any atom is -0.424 e. The van der Waals surface area contributed by atoms with Gasteiger partial charge in [0.25, 0.3) is 0 Å². The molecule has 0 fully saturated rings. The third-order valence-corrected chi connectivity index (χ3v) is 3.16. The minimum absolute atomic E-state index is 0.0162. The van der Waals surface area contributed by atoms with Crippen molar-refractivity contribution >= 4 is 11.6 Å². The molecule has 1 atom stereocenters. The molecule has 116 valence electrons. The van der Waals surface area contributed by atoms with Crippen LogP contribution < -0.4 is 15.4 Å². The number of aromatic nitrogens is 2. The monoisotopic (exact) mass is 300 g/mol. The number of carbonyl (C=O) groups excluding carboxylic acids is 1. The van der Waals surface area contributed by atoms with Crippen molar-refractivity contribution in [2.24, 2.45) is 5.92 Å². The molecule has 2 rings (SSSR count). The normalized spacial score (nSPS) is 11.8. The van der Waals surface area contributed by atoms with Crippen molar-refractivity contribution in [1.82, 2.24) is 15.3 Å². The molecule has 6 nitrogen and oxygen atoms in total. The zero-order valence-corrected chi connectivity index (χ0v) is 13.0. The first-order chi connectivity index (χ1) is 10.6. The molecular weight excluding hydrogens is 280 g/mol. The number of ether oxygens (including phenoxy) is 1. The fourth-order valence-corrected chi connectivity index (χ4v) is 1.94. The van der Waals surface area contributed by atoms with Gasteiger partial charge in [-0.2, -0.15) is 0 Å². The molecule has 1 unspecified atom stereocenters. The maximum Gasteiger partial charge on any atom is 0.321 e. The predicted molar refractivity (Wildman–Crippen MR) is 85.0 cm³/mol. The molecule has 6 heteroatoms. The highest BCUT2D eigenvalue weighted by Gasteiger charge is 2.13. The van der Waals surface area contributed by atoms with Crippen molar-refractivity contribution in [3.8, 4) is 11.8 Å². The Bertz CT molecular complexity index is 631. The largest absolute Gasteiger partial charge is 0.424 e. The molecule has 0 aliphatic heterocycles. The molecule has 1 heterocycles. The number of carbonyl (C=O) groups is 1. The number of hydrogen-bond acceptors (Lipinski definition) is 5. The molecule has 1 aromatic heterocycles. The van der Waals surface area contributed by atoms with E-state index in [-0.39, 0.29) is 11.8 Å². The van der Waals surface area contributed by atoms with Gasteiger partial charge in [-0.3, -0.25) is 4.79 Å². The van der Waals surface area contributed by atoms with Crippen molar-refractivity contribution < 1.29 is 9.53 Å². The highest BCUT2D eigenvalue weighted by atomic mass is 16.5. The first-order valence-electron chi connectivity index (χ1n) is 7.11. The molecule has 0 bridgehead atoms. The van der Waals surface area contributed by atoms with E-state index in [1.165, 1.54) is 0 Å². The summed E-state index contributed by atoms with van der Waals surface area (Å²) in [4.78, 5) is 20.0. The van der Waals surface area contributed by atoms with Gasteiger partial charge in [-0.1, -0.05) is 6.92 Å². The van der Waals surface area contributed by atoms with Gasteiger partial charge in [-0.25, -0.2) is 9.97 Å². The number of amides is 1. The summed E-state index contributed by atoms with van der Waals surface area (Å²) in [6, 6.07) is 7.46. The van der Waals surface area contributed by atoms with Gasteiger partial charge in [0.15, 0.2) is 0 Å². The van der Waals surface area contributed by atoms with Crippen LogP contribution >= 0.6 is 0 Å². The molecule has 2 N–H and O–H groups in total. The van der Waals surface area contributed by atoms with Gasteiger partial charge in [0.05, 0.1) is 0 Å². The summed E-state index contributed by atoms with van der Waals surface area (Å²) in [6.07, 6.45) is 3.24. The van der Waals surface area contributed by atoms with Gasteiger partial charge in [0.1, 0.15) is 5.75 Å². The average molecular weight is 300 g/mol. The van der Waals surface area contributed by atoms with Crippen molar-refractivity contribution in [2.75, 3.05) is 18.9 Å². The van der Waals surface area contributed by atoms with Gasteiger partial charge in [0.2, 0.25) is 5.91 Å². The van der Waals surface area contributed by atoms with Gasteiger partial charge in [-0.05, 0) is 43.8 Å². The maximum atomic E-state index is 12.0. The number of nitrogens with zero attached hydrogens (tertiary/aromatic N) is 2. The van der Waals surface area contributed by atoms with E-state index in [9.17, 15) is 4.79 Å². The molecule has 1 aromatic carbocycles. The van der Waals surface area contributed by atoms with Crippen LogP contribution in [-0.2, 0) is 4.79 Å². The summed E-state index contributed by atoms with van der Waals surface area (Å²) in [5, 5.41) is 5.91. The van der Waals surface area contributed by atoms with Crippen molar-refractivity contribution in [1.29, 1.82) is 0 Å². The molecule has 1 amide bonds. The van der Waals surface area contributed by atoms with E-state index in [0.29, 0.717) is 18.3 Å². The summed E-state index contributed by atoms with van der Waals surface area (Å²) in [5.74, 6) is 0.514. The minimum atomic E-state index is -0.0990. The fourth-order valence-electron chi connectivity index (χ4n) is 1.94. The number of aryl methyl sites for hydroxylation is 1. The van der Waals surface area contributed by atoms with Crippen LogP contribution in [0.5, 0.6) is 11.8 Å². The van der Waals surface area contributed by atoms with Gasteiger partial charge < -0.3 is 15.4 Å². The molecule has 0 aliphatic carbocycles. The highest BCUT2D eigenvalue weighted by molar-refractivity contribution is 5.93. The Kier molecular flexibility index (Phi) is 5.43. The van der Waals surface area contributed by atoms with E-state index < -0.39 is 0 Å². The summed E-state index contributed by atoms with van der Waals surface area (Å²) in [7, 11) is 1.83. The number of benzene rings is 1. The predicted octanol–water partition coefficient (Wildman–Crippen LogP) is 2.37. The average Bonchev–Trinajstić information content (AvgIpc) is 2.51. The number of rotatable bonds is 6. The molecule has 0 saturated heterocycles. The molecule has 2 aromatic rings. The highest BCUT2D eigenvalue weighted by Crippen LogP contribution is 2.24. The second-order valence-electron chi connectivity index (χ2n) is 5.06. The Morgan fingerprint density at radius 2 is 2.05 bits per heavy atom. The molecule has 0 radical (unpaired) electrons. The fraction of sp³-hybridized carbons (Fsp3) is 0.312. The third kappa shape index (κ3) is 4.26. The quantitative estimate of drug-likeness (QED) is 0.856. The summed E-state index contributed by atoms with van der Waals surface area (Å²) in [6.45, 7) is 4.43. The lowest BCUT2D eigenvalue weighted by Crippen LogP contribution is -2.28. The van der Waals surface area contributed by atoms with Crippen LogP contribution in [0, 0.1) is 12.8 Å². The lowest BCUT2D eigenvalue weighted by molar-refractivity contribution is -0.119.